The van der Waals surface area contributed by atoms with Crippen molar-refractivity contribution in [2.75, 3.05) is 19.0 Å². The zero-order chi connectivity index (χ0) is 21.7. The minimum absolute atomic E-state index is 0.0308. The molecule has 0 spiro atoms. The maximum Gasteiger partial charge on any atom is 0.266 e. The van der Waals surface area contributed by atoms with Gasteiger partial charge < -0.3 is 14.8 Å². The largest absolute Gasteiger partial charge is 0.497 e. The monoisotopic (exact) mass is 442 g/mol. The van der Waals surface area contributed by atoms with Crippen LogP contribution in [0.15, 0.2) is 53.4 Å². The lowest BCUT2D eigenvalue weighted by Gasteiger charge is -2.18. The van der Waals surface area contributed by atoms with Gasteiger partial charge in [0.2, 0.25) is 0 Å². The molecule has 2 aromatic rings. The number of nitrogens with one attached hydrogen (secondary N) is 1. The van der Waals surface area contributed by atoms with Crippen LogP contribution in [0.3, 0.4) is 0 Å². The van der Waals surface area contributed by atoms with Crippen molar-refractivity contribution in [2.45, 2.75) is 19.9 Å². The third-order valence-electron chi connectivity index (χ3n) is 4.26. The summed E-state index contributed by atoms with van der Waals surface area (Å²) < 4.78 is 11.2. The molecule has 1 fully saturated rings. The number of ether oxygens (including phenoxy) is 2. The summed E-state index contributed by atoms with van der Waals surface area (Å²) in [6, 6.07) is 14.3. The highest BCUT2D eigenvalue weighted by Gasteiger charge is 2.33. The lowest BCUT2D eigenvalue weighted by atomic mass is 10.2. The van der Waals surface area contributed by atoms with Crippen LogP contribution in [-0.2, 0) is 9.59 Å². The normalized spacial score (nSPS) is 15.1. The Morgan fingerprint density at radius 2 is 1.77 bits per heavy atom. The average molecular weight is 443 g/mol. The van der Waals surface area contributed by atoms with Crippen LogP contribution in [0, 0.1) is 0 Å². The fourth-order valence-electron chi connectivity index (χ4n) is 2.76. The molecule has 2 amide bonds. The Morgan fingerprint density at radius 1 is 1.13 bits per heavy atom. The Kier molecular flexibility index (Phi) is 7.12. The number of hydrogen-bond acceptors (Lipinski definition) is 6. The molecule has 8 heteroatoms. The van der Waals surface area contributed by atoms with Crippen LogP contribution in [-0.4, -0.2) is 40.8 Å². The summed E-state index contributed by atoms with van der Waals surface area (Å²) in [4.78, 5) is 26.7. The molecule has 1 aliphatic heterocycles. The molecule has 30 heavy (non-hydrogen) atoms. The number of methoxy groups -OCH3 is 1. The van der Waals surface area contributed by atoms with E-state index in [1.54, 1.807) is 48.4 Å². The van der Waals surface area contributed by atoms with E-state index in [0.29, 0.717) is 20.7 Å². The van der Waals surface area contributed by atoms with Gasteiger partial charge in [0.1, 0.15) is 15.8 Å². The van der Waals surface area contributed by atoms with Crippen molar-refractivity contribution >= 4 is 51.9 Å². The van der Waals surface area contributed by atoms with Gasteiger partial charge in [-0.25, -0.2) is 0 Å². The van der Waals surface area contributed by atoms with Crippen LogP contribution in [0.2, 0.25) is 0 Å². The summed E-state index contributed by atoms with van der Waals surface area (Å²) >= 11 is 6.59. The highest BCUT2D eigenvalue weighted by molar-refractivity contribution is 8.26. The topological polar surface area (TPSA) is 67.9 Å². The maximum absolute atomic E-state index is 12.5. The predicted molar refractivity (Wildman–Crippen MR) is 124 cm³/mol. The molecule has 0 aliphatic carbocycles. The molecule has 2 aromatic carbocycles. The zero-order valence-corrected chi connectivity index (χ0v) is 18.5. The Balaban J connectivity index is 1.55. The summed E-state index contributed by atoms with van der Waals surface area (Å²) in [6.07, 6.45) is 1.81. The van der Waals surface area contributed by atoms with Gasteiger partial charge >= 0.3 is 0 Å². The molecule has 1 aliphatic rings. The molecule has 156 valence electrons. The number of carbonyl (C=O) groups is 2. The highest BCUT2D eigenvalue weighted by atomic mass is 32.2. The maximum atomic E-state index is 12.5. The Hall–Kier alpha value is -2.84. The second kappa shape index (κ2) is 9.77. The summed E-state index contributed by atoms with van der Waals surface area (Å²) in [6.45, 7) is 3.76. The third-order valence-corrected chi connectivity index (χ3v) is 5.59. The lowest BCUT2D eigenvalue weighted by molar-refractivity contribution is -0.123. The lowest BCUT2D eigenvalue weighted by Crippen LogP contribution is -2.34. The minimum Gasteiger partial charge on any atom is -0.497 e. The van der Waals surface area contributed by atoms with Crippen LogP contribution in [0.1, 0.15) is 19.4 Å². The van der Waals surface area contributed by atoms with Gasteiger partial charge in [-0.3, -0.25) is 14.5 Å². The molecule has 0 bridgehead atoms. The van der Waals surface area contributed by atoms with Gasteiger partial charge in [0, 0.05) is 11.7 Å². The first-order valence-electron chi connectivity index (χ1n) is 9.31. The Morgan fingerprint density at radius 3 is 2.33 bits per heavy atom. The smallest absolute Gasteiger partial charge is 0.266 e. The van der Waals surface area contributed by atoms with Crippen molar-refractivity contribution in [1.82, 2.24) is 4.90 Å². The van der Waals surface area contributed by atoms with Gasteiger partial charge in [-0.2, -0.15) is 0 Å². The molecule has 0 unspecified atom stereocenters. The molecule has 1 heterocycles. The third kappa shape index (κ3) is 5.40. The van der Waals surface area contributed by atoms with Gasteiger partial charge in [0.25, 0.3) is 11.8 Å². The van der Waals surface area contributed by atoms with Gasteiger partial charge in [0.15, 0.2) is 6.61 Å². The quantitative estimate of drug-likeness (QED) is 0.509. The summed E-state index contributed by atoms with van der Waals surface area (Å²) in [5, 5.41) is 2.76. The summed E-state index contributed by atoms with van der Waals surface area (Å²) in [5.74, 6) is 0.944. The van der Waals surface area contributed by atoms with Crippen molar-refractivity contribution in [3.63, 3.8) is 0 Å². The van der Waals surface area contributed by atoms with Crippen LogP contribution in [0.4, 0.5) is 5.69 Å². The van der Waals surface area contributed by atoms with Crippen LogP contribution >= 0.6 is 24.0 Å². The first kappa shape index (κ1) is 21.9. The number of hydrogen-bond donors (Lipinski definition) is 1. The minimum atomic E-state index is -0.262. The first-order valence-corrected chi connectivity index (χ1v) is 10.5. The average Bonchev–Trinajstić information content (AvgIpc) is 3.01. The second-order valence-electron chi connectivity index (χ2n) is 6.78. The number of amides is 2. The number of rotatable bonds is 7. The van der Waals surface area contributed by atoms with Crippen molar-refractivity contribution in [3.8, 4) is 11.5 Å². The van der Waals surface area contributed by atoms with E-state index in [1.807, 2.05) is 32.1 Å². The fraction of sp³-hybridized carbons (Fsp3) is 0.227. The molecule has 0 radical (unpaired) electrons. The van der Waals surface area contributed by atoms with E-state index in [9.17, 15) is 9.59 Å². The zero-order valence-electron chi connectivity index (χ0n) is 16.9. The van der Waals surface area contributed by atoms with Gasteiger partial charge in [0.05, 0.1) is 12.0 Å². The molecule has 3 rings (SSSR count). The number of thioether (sulfide) groups is 1. The van der Waals surface area contributed by atoms with E-state index in [2.05, 4.69) is 5.32 Å². The standard InChI is InChI=1S/C22H22N2O4S2/c1-14(2)24-21(26)19(30-22(24)29)12-15-4-8-18(9-5-15)28-13-20(25)23-16-6-10-17(27-3)11-7-16/h4-12,14H,13H2,1-3H3,(H,23,25)/b19-12-. The fourth-order valence-corrected chi connectivity index (χ4v) is 4.28. The number of thiocarbonyl (C=S) groups is 1. The molecule has 1 saturated heterocycles. The number of nitrogens with zero attached hydrogens (tertiary/aromatic N) is 1. The van der Waals surface area contributed by atoms with Gasteiger partial charge in [-0.05, 0) is 61.9 Å². The highest BCUT2D eigenvalue weighted by Crippen LogP contribution is 2.34. The summed E-state index contributed by atoms with van der Waals surface area (Å²) in [5.41, 5.74) is 1.52. The molecule has 0 atom stereocenters. The van der Waals surface area contributed by atoms with E-state index in [1.165, 1.54) is 11.8 Å². The van der Waals surface area contributed by atoms with Crippen molar-refractivity contribution in [1.29, 1.82) is 0 Å². The predicted octanol–water partition coefficient (Wildman–Crippen LogP) is 4.32. The number of benzene rings is 2. The van der Waals surface area contributed by atoms with Crippen LogP contribution in [0.5, 0.6) is 11.5 Å². The van der Waals surface area contributed by atoms with E-state index in [4.69, 9.17) is 21.7 Å². The molecular weight excluding hydrogens is 420 g/mol. The molecule has 6 nitrogen and oxygen atoms in total. The van der Waals surface area contributed by atoms with E-state index in [-0.39, 0.29) is 24.5 Å². The Bertz CT molecular complexity index is 970. The van der Waals surface area contributed by atoms with Crippen molar-refractivity contribution in [3.05, 3.63) is 59.0 Å². The van der Waals surface area contributed by atoms with E-state index in [0.717, 1.165) is 11.3 Å². The number of anilines is 1. The van der Waals surface area contributed by atoms with E-state index < -0.39 is 0 Å². The van der Waals surface area contributed by atoms with Crippen molar-refractivity contribution < 1.29 is 19.1 Å². The second-order valence-corrected chi connectivity index (χ2v) is 8.46. The molecule has 1 N–H and O–H groups in total. The molecule has 0 aromatic heterocycles. The van der Waals surface area contributed by atoms with Gasteiger partial charge in [-0.1, -0.05) is 36.1 Å². The molecule has 0 saturated carbocycles. The first-order chi connectivity index (χ1) is 14.4. The Labute approximate surface area is 185 Å². The summed E-state index contributed by atoms with van der Waals surface area (Å²) in [7, 11) is 1.59. The van der Waals surface area contributed by atoms with Crippen LogP contribution in [0.25, 0.3) is 6.08 Å². The molecular formula is C22H22N2O4S2. The SMILES string of the molecule is COc1ccc(NC(=O)COc2ccc(/C=C3\SC(=S)N(C(C)C)C3=O)cc2)cc1. The van der Waals surface area contributed by atoms with Crippen molar-refractivity contribution in [2.24, 2.45) is 0 Å². The number of carbonyl (C=O) groups excluding carboxylic acids is 2. The van der Waals surface area contributed by atoms with Crippen LogP contribution < -0.4 is 14.8 Å². The van der Waals surface area contributed by atoms with E-state index >= 15 is 0 Å². The van der Waals surface area contributed by atoms with Gasteiger partial charge in [-0.15, -0.1) is 0 Å².